The van der Waals surface area contributed by atoms with Gasteiger partial charge in [0, 0.05) is 6.92 Å². The number of aryl methyl sites for hydroxylation is 2. The molecule has 0 radical (unpaired) electrons. The van der Waals surface area contributed by atoms with E-state index >= 15 is 0 Å². The van der Waals surface area contributed by atoms with Crippen molar-refractivity contribution in [3.8, 4) is 0 Å². The molecule has 1 atom stereocenters. The Kier molecular flexibility index (Phi) is 5.60. The Bertz CT molecular complexity index is 446. The molecule has 0 bridgehead atoms. The average Bonchev–Trinajstić information content (AvgIpc) is 2.35. The summed E-state index contributed by atoms with van der Waals surface area (Å²) in [6, 6.07) is 4.45. The predicted molar refractivity (Wildman–Crippen MR) is 72.4 cm³/mol. The number of carbonyl (C=O) groups excluding carboxylic acids is 1. The van der Waals surface area contributed by atoms with Gasteiger partial charge in [-0.1, -0.05) is 32.0 Å². The maximum Gasteiger partial charge on any atom is 0.391 e. The minimum absolute atomic E-state index is 0.459. The number of carbonyl (C=O) groups is 1. The lowest BCUT2D eigenvalue weighted by Gasteiger charge is -2.21. The molecule has 0 aromatic heterocycles. The molecule has 0 fully saturated rings. The zero-order valence-corrected chi connectivity index (χ0v) is 12.0. The molecule has 112 valence electrons. The first kappa shape index (κ1) is 16.5. The third-order valence-corrected chi connectivity index (χ3v) is 3.11. The van der Waals surface area contributed by atoms with Crippen LogP contribution < -0.4 is 5.32 Å². The van der Waals surface area contributed by atoms with Crippen molar-refractivity contribution in [3.63, 3.8) is 0 Å². The summed E-state index contributed by atoms with van der Waals surface area (Å²) >= 11 is 0. The van der Waals surface area contributed by atoms with Gasteiger partial charge in [-0.05, 0) is 29.5 Å². The molecule has 0 spiro atoms. The summed E-state index contributed by atoms with van der Waals surface area (Å²) in [7, 11) is 0. The summed E-state index contributed by atoms with van der Waals surface area (Å²) < 4.78 is 38.0. The fourth-order valence-electron chi connectivity index (χ4n) is 2.13. The van der Waals surface area contributed by atoms with Crippen molar-refractivity contribution in [1.29, 1.82) is 0 Å². The minimum atomic E-state index is -4.32. The van der Waals surface area contributed by atoms with Crippen LogP contribution in [0.25, 0.3) is 0 Å². The van der Waals surface area contributed by atoms with E-state index in [1.54, 1.807) is 12.1 Å². The topological polar surface area (TPSA) is 29.1 Å². The molecule has 1 rings (SSSR count). The number of benzene rings is 1. The second kappa shape index (κ2) is 6.77. The van der Waals surface area contributed by atoms with E-state index < -0.39 is 24.5 Å². The van der Waals surface area contributed by atoms with Crippen molar-refractivity contribution in [2.45, 2.75) is 52.3 Å². The molecule has 1 aromatic carbocycles. The molecule has 1 amide bonds. The molecular formula is C15H20F3NO. The van der Waals surface area contributed by atoms with E-state index in [0.29, 0.717) is 5.56 Å². The fourth-order valence-corrected chi connectivity index (χ4v) is 2.13. The first-order valence-corrected chi connectivity index (χ1v) is 6.71. The van der Waals surface area contributed by atoms with E-state index in [0.717, 1.165) is 24.0 Å². The van der Waals surface area contributed by atoms with E-state index in [1.807, 2.05) is 19.9 Å². The van der Waals surface area contributed by atoms with E-state index in [2.05, 4.69) is 5.32 Å². The number of alkyl halides is 3. The molecule has 5 heteroatoms. The molecule has 2 nitrogen and oxygen atoms in total. The smallest absolute Gasteiger partial charge is 0.349 e. The van der Waals surface area contributed by atoms with Gasteiger partial charge in [-0.25, -0.2) is 0 Å². The molecule has 0 heterocycles. The van der Waals surface area contributed by atoms with Crippen LogP contribution in [0.4, 0.5) is 13.2 Å². The van der Waals surface area contributed by atoms with Gasteiger partial charge in [0.05, 0.1) is 12.5 Å². The van der Waals surface area contributed by atoms with Gasteiger partial charge in [-0.2, -0.15) is 13.2 Å². The number of halogens is 3. The quantitative estimate of drug-likeness (QED) is 0.873. The lowest BCUT2D eigenvalue weighted by molar-refractivity contribution is -0.142. The van der Waals surface area contributed by atoms with Gasteiger partial charge in [0.2, 0.25) is 5.91 Å². The summed E-state index contributed by atoms with van der Waals surface area (Å²) in [5, 5.41) is 2.40. The van der Waals surface area contributed by atoms with Crippen molar-refractivity contribution < 1.29 is 18.0 Å². The number of hydrogen-bond acceptors (Lipinski definition) is 1. The van der Waals surface area contributed by atoms with E-state index in [1.165, 1.54) is 6.92 Å². The Morgan fingerprint density at radius 3 is 2.00 bits per heavy atom. The summed E-state index contributed by atoms with van der Waals surface area (Å²) in [6.45, 7) is 5.14. The van der Waals surface area contributed by atoms with E-state index in [-0.39, 0.29) is 0 Å². The van der Waals surface area contributed by atoms with Crippen LogP contribution in [0, 0.1) is 0 Å². The van der Waals surface area contributed by atoms with E-state index in [9.17, 15) is 18.0 Å². The predicted octanol–water partition coefficient (Wildman–Crippen LogP) is 3.94. The highest BCUT2D eigenvalue weighted by molar-refractivity contribution is 5.73. The SMILES string of the molecule is CCc1cc(CC)cc(C(CC(F)(F)F)NC(C)=O)c1. The molecule has 20 heavy (non-hydrogen) atoms. The molecule has 0 aliphatic carbocycles. The summed E-state index contributed by atoms with van der Waals surface area (Å²) in [4.78, 5) is 11.1. The highest BCUT2D eigenvalue weighted by atomic mass is 19.4. The van der Waals surface area contributed by atoms with Crippen LogP contribution >= 0.6 is 0 Å². The van der Waals surface area contributed by atoms with Crippen LogP contribution in [-0.2, 0) is 17.6 Å². The number of nitrogens with one attached hydrogen (secondary N) is 1. The molecule has 0 saturated heterocycles. The summed E-state index contributed by atoms with van der Waals surface area (Å²) in [5.41, 5.74) is 2.49. The van der Waals surface area contributed by atoms with Crippen LogP contribution in [0.5, 0.6) is 0 Å². The molecule has 1 unspecified atom stereocenters. The molecule has 1 aromatic rings. The zero-order valence-electron chi connectivity index (χ0n) is 12.0. The summed E-state index contributed by atoms with van der Waals surface area (Å²) in [6.07, 6.45) is -3.87. The third-order valence-electron chi connectivity index (χ3n) is 3.11. The van der Waals surface area contributed by atoms with Gasteiger partial charge in [0.15, 0.2) is 0 Å². The first-order valence-electron chi connectivity index (χ1n) is 6.71. The van der Waals surface area contributed by atoms with Crippen LogP contribution in [-0.4, -0.2) is 12.1 Å². The van der Waals surface area contributed by atoms with Crippen molar-refractivity contribution in [3.05, 3.63) is 34.9 Å². The van der Waals surface area contributed by atoms with Crippen molar-refractivity contribution >= 4 is 5.91 Å². The van der Waals surface area contributed by atoms with Gasteiger partial charge < -0.3 is 5.32 Å². The number of hydrogen-bond donors (Lipinski definition) is 1. The zero-order chi connectivity index (χ0) is 15.3. The Hall–Kier alpha value is -1.52. The van der Waals surface area contributed by atoms with Crippen molar-refractivity contribution in [2.75, 3.05) is 0 Å². The standard InChI is InChI=1S/C15H20F3NO/c1-4-11-6-12(5-2)8-13(7-11)14(19-10(3)20)9-15(16,17)18/h6-8,14H,4-5,9H2,1-3H3,(H,19,20). The average molecular weight is 287 g/mol. The first-order chi connectivity index (χ1) is 9.25. The number of rotatable bonds is 5. The Balaban J connectivity index is 3.14. The van der Waals surface area contributed by atoms with Gasteiger partial charge in [-0.15, -0.1) is 0 Å². The van der Waals surface area contributed by atoms with Crippen LogP contribution in [0.15, 0.2) is 18.2 Å². The third kappa shape index (κ3) is 5.23. The van der Waals surface area contributed by atoms with Gasteiger partial charge in [-0.3, -0.25) is 4.79 Å². The van der Waals surface area contributed by atoms with Gasteiger partial charge in [0.25, 0.3) is 0 Å². The fraction of sp³-hybridized carbons (Fsp3) is 0.533. The van der Waals surface area contributed by atoms with Crippen LogP contribution in [0.2, 0.25) is 0 Å². The number of amides is 1. The van der Waals surface area contributed by atoms with Crippen molar-refractivity contribution in [1.82, 2.24) is 5.32 Å². The van der Waals surface area contributed by atoms with Crippen molar-refractivity contribution in [2.24, 2.45) is 0 Å². The lowest BCUT2D eigenvalue weighted by atomic mass is 9.96. The second-order valence-electron chi connectivity index (χ2n) is 4.86. The van der Waals surface area contributed by atoms with Crippen LogP contribution in [0.1, 0.15) is 49.9 Å². The highest BCUT2D eigenvalue weighted by Gasteiger charge is 2.33. The van der Waals surface area contributed by atoms with Gasteiger partial charge >= 0.3 is 6.18 Å². The normalized spacial score (nSPS) is 13.1. The Labute approximate surface area is 117 Å². The highest BCUT2D eigenvalue weighted by Crippen LogP contribution is 2.30. The van der Waals surface area contributed by atoms with Gasteiger partial charge in [0.1, 0.15) is 0 Å². The molecular weight excluding hydrogens is 267 g/mol. The van der Waals surface area contributed by atoms with Crippen LogP contribution in [0.3, 0.4) is 0 Å². The molecule has 0 saturated carbocycles. The molecule has 0 aliphatic heterocycles. The monoisotopic (exact) mass is 287 g/mol. The molecule has 0 aliphatic rings. The lowest BCUT2D eigenvalue weighted by Crippen LogP contribution is -2.30. The minimum Gasteiger partial charge on any atom is -0.349 e. The van der Waals surface area contributed by atoms with E-state index in [4.69, 9.17) is 0 Å². The molecule has 1 N–H and O–H groups in total. The Morgan fingerprint density at radius 1 is 1.15 bits per heavy atom. The largest absolute Gasteiger partial charge is 0.391 e. The maximum absolute atomic E-state index is 12.7. The summed E-state index contributed by atoms with van der Waals surface area (Å²) in [5.74, 6) is -0.459. The second-order valence-corrected chi connectivity index (χ2v) is 4.86. The maximum atomic E-state index is 12.7. The Morgan fingerprint density at radius 2 is 1.65 bits per heavy atom.